The van der Waals surface area contributed by atoms with Crippen LogP contribution in [0.4, 0.5) is 0 Å². The summed E-state index contributed by atoms with van der Waals surface area (Å²) in [6.45, 7) is 5.73. The van der Waals surface area contributed by atoms with Crippen molar-refractivity contribution in [1.29, 1.82) is 0 Å². The number of nitrogens with zero attached hydrogens (tertiary/aromatic N) is 1. The van der Waals surface area contributed by atoms with Crippen LogP contribution in [-0.2, 0) is 9.47 Å². The Labute approximate surface area is 129 Å². The van der Waals surface area contributed by atoms with Crippen molar-refractivity contribution in [3.05, 3.63) is 0 Å². The third-order valence-electron chi connectivity index (χ3n) is 6.64. The minimum Gasteiger partial charge on any atom is -0.381 e. The molecule has 3 nitrogen and oxygen atoms in total. The first-order valence-corrected chi connectivity index (χ1v) is 9.26. The fourth-order valence-corrected chi connectivity index (χ4v) is 5.27. The van der Waals surface area contributed by atoms with Gasteiger partial charge in [-0.25, -0.2) is 0 Å². The van der Waals surface area contributed by atoms with Gasteiger partial charge in [0.1, 0.15) is 0 Å². The number of rotatable bonds is 2. The van der Waals surface area contributed by atoms with Crippen LogP contribution >= 0.6 is 0 Å². The van der Waals surface area contributed by atoms with Gasteiger partial charge in [-0.15, -0.1) is 0 Å². The maximum absolute atomic E-state index is 6.56. The van der Waals surface area contributed by atoms with E-state index in [-0.39, 0.29) is 0 Å². The molecule has 1 saturated carbocycles. The maximum Gasteiger partial charge on any atom is 0.0710 e. The Hall–Kier alpha value is -0.120. The van der Waals surface area contributed by atoms with E-state index in [1.165, 1.54) is 83.8 Å². The average molecular weight is 293 g/mol. The summed E-state index contributed by atoms with van der Waals surface area (Å²) in [5.74, 6) is 0. The second-order valence-corrected chi connectivity index (χ2v) is 8.12. The molecule has 4 fully saturated rings. The van der Waals surface area contributed by atoms with E-state index >= 15 is 0 Å². The lowest BCUT2D eigenvalue weighted by atomic mass is 9.80. The molecule has 3 aliphatic heterocycles. The minimum absolute atomic E-state index is 0.291. The van der Waals surface area contributed by atoms with Crippen LogP contribution in [-0.4, -0.2) is 49.5 Å². The predicted octanol–water partition coefficient (Wildman–Crippen LogP) is 3.37. The molecule has 0 amide bonds. The Bertz CT molecular complexity index is 324. The number of ether oxygens (including phenoxy) is 2. The van der Waals surface area contributed by atoms with Gasteiger partial charge in [-0.3, -0.25) is 0 Å². The van der Waals surface area contributed by atoms with Crippen molar-refractivity contribution in [1.82, 2.24) is 4.90 Å². The smallest absolute Gasteiger partial charge is 0.0710 e. The van der Waals surface area contributed by atoms with Gasteiger partial charge in [-0.05, 0) is 56.9 Å². The Morgan fingerprint density at radius 2 is 1.71 bits per heavy atom. The van der Waals surface area contributed by atoms with Crippen LogP contribution in [0, 0.1) is 5.41 Å². The van der Waals surface area contributed by atoms with Gasteiger partial charge in [-0.1, -0.05) is 19.3 Å². The number of hydrogen-bond donors (Lipinski definition) is 0. The lowest BCUT2D eigenvalue weighted by Gasteiger charge is -2.35. The summed E-state index contributed by atoms with van der Waals surface area (Å²) in [6.07, 6.45) is 13.9. The molecule has 1 aliphatic carbocycles. The summed E-state index contributed by atoms with van der Waals surface area (Å²) in [4.78, 5) is 2.69. The van der Waals surface area contributed by atoms with Crippen molar-refractivity contribution in [3.8, 4) is 0 Å². The fourth-order valence-electron chi connectivity index (χ4n) is 5.27. The first-order chi connectivity index (χ1) is 10.3. The molecule has 1 unspecified atom stereocenters. The summed E-state index contributed by atoms with van der Waals surface area (Å²) < 4.78 is 12.1. The molecule has 0 aromatic heterocycles. The monoisotopic (exact) mass is 293 g/mol. The summed E-state index contributed by atoms with van der Waals surface area (Å²) in [6, 6.07) is 0. The summed E-state index contributed by atoms with van der Waals surface area (Å²) in [5, 5.41) is 0. The van der Waals surface area contributed by atoms with Gasteiger partial charge in [0, 0.05) is 26.3 Å². The van der Waals surface area contributed by atoms with Crippen LogP contribution in [0.5, 0.6) is 0 Å². The molecule has 0 bridgehead atoms. The van der Waals surface area contributed by atoms with Gasteiger partial charge < -0.3 is 14.4 Å². The second-order valence-electron chi connectivity index (χ2n) is 8.12. The van der Waals surface area contributed by atoms with Crippen molar-refractivity contribution >= 4 is 0 Å². The third kappa shape index (κ3) is 3.02. The third-order valence-corrected chi connectivity index (χ3v) is 6.64. The molecular weight excluding hydrogens is 262 g/mol. The Balaban J connectivity index is 1.29. The highest BCUT2D eigenvalue weighted by Crippen LogP contribution is 2.44. The molecule has 0 aromatic carbocycles. The SMILES string of the molecule is C1CCC2(CC1)CCC(CN1CCC3(CCOCC3)C1)O2. The largest absolute Gasteiger partial charge is 0.381 e. The van der Waals surface area contributed by atoms with Crippen molar-refractivity contribution in [2.45, 2.75) is 75.9 Å². The van der Waals surface area contributed by atoms with Gasteiger partial charge in [-0.2, -0.15) is 0 Å². The summed E-state index contributed by atoms with van der Waals surface area (Å²) >= 11 is 0. The predicted molar refractivity (Wildman–Crippen MR) is 83.5 cm³/mol. The van der Waals surface area contributed by atoms with Gasteiger partial charge >= 0.3 is 0 Å². The van der Waals surface area contributed by atoms with E-state index in [0.717, 1.165) is 13.2 Å². The lowest BCUT2D eigenvalue weighted by Crippen LogP contribution is -2.38. The minimum atomic E-state index is 0.291. The molecule has 1 atom stereocenters. The van der Waals surface area contributed by atoms with Crippen LogP contribution in [0.3, 0.4) is 0 Å². The van der Waals surface area contributed by atoms with Crippen LogP contribution in [0.15, 0.2) is 0 Å². The van der Waals surface area contributed by atoms with Gasteiger partial charge in [0.25, 0.3) is 0 Å². The normalized spacial score (nSPS) is 35.7. The summed E-state index contributed by atoms with van der Waals surface area (Å²) in [5.41, 5.74) is 0.873. The fraction of sp³-hybridized carbons (Fsp3) is 1.00. The van der Waals surface area contributed by atoms with E-state index in [0.29, 0.717) is 17.1 Å². The van der Waals surface area contributed by atoms with E-state index in [1.54, 1.807) is 0 Å². The van der Waals surface area contributed by atoms with E-state index in [4.69, 9.17) is 9.47 Å². The zero-order valence-corrected chi connectivity index (χ0v) is 13.4. The number of likely N-dealkylation sites (tertiary alicyclic amines) is 1. The molecular formula is C18H31NO2. The molecule has 0 radical (unpaired) electrons. The Morgan fingerprint density at radius 3 is 2.52 bits per heavy atom. The van der Waals surface area contributed by atoms with E-state index in [2.05, 4.69) is 4.90 Å². The number of hydrogen-bond acceptors (Lipinski definition) is 3. The van der Waals surface area contributed by atoms with Crippen molar-refractivity contribution < 1.29 is 9.47 Å². The molecule has 120 valence electrons. The molecule has 3 heterocycles. The highest BCUT2D eigenvalue weighted by Gasteiger charge is 2.44. The van der Waals surface area contributed by atoms with Crippen LogP contribution < -0.4 is 0 Å². The molecule has 4 aliphatic rings. The van der Waals surface area contributed by atoms with E-state index < -0.39 is 0 Å². The molecule has 3 saturated heterocycles. The highest BCUT2D eigenvalue weighted by molar-refractivity contribution is 4.95. The Morgan fingerprint density at radius 1 is 0.905 bits per heavy atom. The molecule has 0 N–H and O–H groups in total. The quantitative estimate of drug-likeness (QED) is 0.779. The van der Waals surface area contributed by atoms with Crippen molar-refractivity contribution in [2.75, 3.05) is 32.8 Å². The van der Waals surface area contributed by atoms with Crippen molar-refractivity contribution in [2.24, 2.45) is 5.41 Å². The van der Waals surface area contributed by atoms with Crippen LogP contribution in [0.1, 0.15) is 64.2 Å². The second kappa shape index (κ2) is 5.82. The summed E-state index contributed by atoms with van der Waals surface area (Å²) in [7, 11) is 0. The van der Waals surface area contributed by atoms with Gasteiger partial charge in [0.05, 0.1) is 11.7 Å². The highest BCUT2D eigenvalue weighted by atomic mass is 16.5. The molecule has 21 heavy (non-hydrogen) atoms. The maximum atomic E-state index is 6.56. The molecule has 2 spiro atoms. The first kappa shape index (κ1) is 14.5. The van der Waals surface area contributed by atoms with Crippen LogP contribution in [0.2, 0.25) is 0 Å². The van der Waals surface area contributed by atoms with Gasteiger partial charge in [0.2, 0.25) is 0 Å². The topological polar surface area (TPSA) is 21.7 Å². The van der Waals surface area contributed by atoms with Crippen molar-refractivity contribution in [3.63, 3.8) is 0 Å². The van der Waals surface area contributed by atoms with E-state index in [9.17, 15) is 0 Å². The molecule has 3 heteroatoms. The van der Waals surface area contributed by atoms with Crippen LogP contribution in [0.25, 0.3) is 0 Å². The van der Waals surface area contributed by atoms with Gasteiger partial charge in [0.15, 0.2) is 0 Å². The average Bonchev–Trinajstić information content (AvgIpc) is 3.07. The zero-order valence-electron chi connectivity index (χ0n) is 13.4. The zero-order chi connectivity index (χ0) is 14.2. The standard InChI is InChI=1S/C18H31NO2/c1-2-5-18(6-3-1)7-4-16(21-18)14-19-11-8-17(15-19)9-12-20-13-10-17/h16H,1-15H2. The van der Waals surface area contributed by atoms with E-state index in [1.807, 2.05) is 0 Å². The lowest BCUT2D eigenvalue weighted by molar-refractivity contribution is -0.0716. The first-order valence-electron chi connectivity index (χ1n) is 9.26. The molecule has 4 rings (SSSR count). The molecule has 0 aromatic rings. The Kier molecular flexibility index (Phi) is 4.01.